The summed E-state index contributed by atoms with van der Waals surface area (Å²) in [6.45, 7) is 0.745. The lowest BCUT2D eigenvalue weighted by Gasteiger charge is -2.37. The van der Waals surface area contributed by atoms with E-state index in [0.29, 0.717) is 37.4 Å². The number of nitrogens with two attached hydrogens (primary N) is 2. The predicted molar refractivity (Wildman–Crippen MR) is 177 cm³/mol. The third kappa shape index (κ3) is 8.38. The van der Waals surface area contributed by atoms with Crippen molar-refractivity contribution in [2.24, 2.45) is 16.5 Å². The Hall–Kier alpha value is -4.37. The summed E-state index contributed by atoms with van der Waals surface area (Å²) in [6.07, 6.45) is 0.225. The van der Waals surface area contributed by atoms with Gasteiger partial charge in [-0.25, -0.2) is 0 Å². The van der Waals surface area contributed by atoms with Gasteiger partial charge in [0.1, 0.15) is 17.4 Å². The highest BCUT2D eigenvalue weighted by Gasteiger charge is 2.37. The van der Waals surface area contributed by atoms with E-state index in [1.54, 1.807) is 19.2 Å². The molecule has 0 aliphatic carbocycles. The van der Waals surface area contributed by atoms with Gasteiger partial charge in [-0.2, -0.15) is 0 Å². The molecule has 0 heterocycles. The first kappa shape index (κ1) is 32.5. The highest BCUT2D eigenvalue weighted by Crippen LogP contribution is 2.37. The topological polar surface area (TPSA) is 135 Å². The largest absolute Gasteiger partial charge is 0.497 e. The second-order valence-electron chi connectivity index (χ2n) is 10.5. The number of nitrogens with one attached hydrogen (secondary N) is 2. The van der Waals surface area contributed by atoms with Crippen molar-refractivity contribution in [1.29, 1.82) is 0 Å². The summed E-state index contributed by atoms with van der Waals surface area (Å²) in [5, 5.41) is 17.4. The molecule has 7 N–H and O–H groups in total. The number of carbonyl (C=O) groups is 1. The molecular weight excluding hydrogens is 574 g/mol. The van der Waals surface area contributed by atoms with Gasteiger partial charge in [0.15, 0.2) is 5.96 Å². The van der Waals surface area contributed by atoms with Crippen LogP contribution in [-0.4, -0.2) is 49.3 Å². The number of aliphatic hydroxyl groups excluding tert-OH is 1. The van der Waals surface area contributed by atoms with Gasteiger partial charge < -0.3 is 31.9 Å². The number of ether oxygens (including phenoxy) is 1. The number of benzene rings is 4. The number of halogens is 1. The monoisotopic (exact) mass is 613 g/mol. The lowest BCUT2D eigenvalue weighted by molar-refractivity contribution is -0.130. The molecule has 0 aliphatic rings. The quantitative estimate of drug-likeness (QED) is 0.0620. The molecule has 0 saturated heterocycles. The zero-order valence-corrected chi connectivity index (χ0v) is 25.6. The minimum Gasteiger partial charge on any atom is -0.497 e. The van der Waals surface area contributed by atoms with Gasteiger partial charge in [0.05, 0.1) is 7.11 Å². The van der Waals surface area contributed by atoms with Gasteiger partial charge in [-0.15, -0.1) is 0 Å². The highest BCUT2D eigenvalue weighted by molar-refractivity contribution is 6.30. The Bertz CT molecular complexity index is 1440. The molecule has 8 nitrogen and oxygen atoms in total. The van der Waals surface area contributed by atoms with Crippen LogP contribution >= 0.6 is 11.6 Å². The summed E-state index contributed by atoms with van der Waals surface area (Å²) in [5.74, 6) is 0.507. The minimum atomic E-state index is -1.32. The number of aliphatic imine (C=N–C) groups is 1. The Kier molecular flexibility index (Phi) is 11.8. The second kappa shape index (κ2) is 15.9. The predicted octanol–water partition coefficient (Wildman–Crippen LogP) is 4.37. The fraction of sp³-hybridized carbons (Fsp3) is 0.257. The fourth-order valence-electron chi connectivity index (χ4n) is 5.13. The molecule has 0 fully saturated rings. The molecule has 0 saturated carbocycles. The van der Waals surface area contributed by atoms with E-state index >= 15 is 0 Å². The van der Waals surface area contributed by atoms with Crippen molar-refractivity contribution >= 4 is 23.5 Å². The van der Waals surface area contributed by atoms with Crippen molar-refractivity contribution in [1.82, 2.24) is 10.6 Å². The van der Waals surface area contributed by atoms with Gasteiger partial charge in [-0.3, -0.25) is 9.79 Å². The van der Waals surface area contributed by atoms with E-state index < -0.39 is 23.6 Å². The number of amides is 1. The van der Waals surface area contributed by atoms with E-state index in [2.05, 4.69) is 39.9 Å². The summed E-state index contributed by atoms with van der Waals surface area (Å²) >= 11 is 5.92. The van der Waals surface area contributed by atoms with E-state index in [-0.39, 0.29) is 5.96 Å². The van der Waals surface area contributed by atoms with Gasteiger partial charge in [-0.1, -0.05) is 96.5 Å². The molecular formula is C35H40ClN5O3. The van der Waals surface area contributed by atoms with Crippen LogP contribution < -0.4 is 26.8 Å². The number of hydrogen-bond acceptors (Lipinski definition) is 5. The van der Waals surface area contributed by atoms with Crippen molar-refractivity contribution < 1.29 is 14.6 Å². The average Bonchev–Trinajstić information content (AvgIpc) is 3.07. The molecule has 0 spiro atoms. The number of carbonyl (C=O) groups excluding carboxylic acids is 1. The van der Waals surface area contributed by atoms with E-state index in [9.17, 15) is 9.90 Å². The number of guanidine groups is 1. The van der Waals surface area contributed by atoms with Crippen LogP contribution in [0.5, 0.6) is 5.75 Å². The molecule has 2 atom stereocenters. The van der Waals surface area contributed by atoms with Crippen LogP contribution in [0.4, 0.5) is 0 Å². The normalized spacial score (nSPS) is 13.1. The van der Waals surface area contributed by atoms with Gasteiger partial charge in [0, 0.05) is 24.2 Å². The van der Waals surface area contributed by atoms with Crippen molar-refractivity contribution in [2.45, 2.75) is 36.9 Å². The molecule has 0 aliphatic heterocycles. The van der Waals surface area contributed by atoms with Crippen LogP contribution in [0, 0.1) is 0 Å². The molecule has 1 unspecified atom stereocenters. The Morgan fingerprint density at radius 2 is 1.48 bits per heavy atom. The first-order valence-corrected chi connectivity index (χ1v) is 15.0. The van der Waals surface area contributed by atoms with Gasteiger partial charge in [0.25, 0.3) is 0 Å². The molecule has 230 valence electrons. The van der Waals surface area contributed by atoms with Crippen LogP contribution in [0.15, 0.2) is 114 Å². The van der Waals surface area contributed by atoms with Crippen molar-refractivity contribution in [3.63, 3.8) is 0 Å². The molecule has 0 bridgehead atoms. The van der Waals surface area contributed by atoms with Gasteiger partial charge in [-0.05, 0) is 65.8 Å². The third-order valence-electron chi connectivity index (χ3n) is 7.53. The van der Waals surface area contributed by atoms with Gasteiger partial charge >= 0.3 is 0 Å². The summed E-state index contributed by atoms with van der Waals surface area (Å²) in [6, 6.07) is 34.7. The average molecular weight is 614 g/mol. The maximum atomic E-state index is 12.4. The Labute approximate surface area is 264 Å². The second-order valence-corrected chi connectivity index (χ2v) is 11.0. The fourth-order valence-corrected chi connectivity index (χ4v) is 5.26. The maximum Gasteiger partial charge on any atom is 0.250 e. The van der Waals surface area contributed by atoms with Crippen LogP contribution in [0.2, 0.25) is 5.02 Å². The number of rotatable bonds is 14. The molecule has 0 radical (unpaired) electrons. The van der Waals surface area contributed by atoms with Crippen molar-refractivity contribution in [3.05, 3.63) is 136 Å². The number of methoxy groups -OCH3 is 1. The molecule has 44 heavy (non-hydrogen) atoms. The lowest BCUT2D eigenvalue weighted by Crippen LogP contribution is -2.50. The third-order valence-corrected chi connectivity index (χ3v) is 7.78. The van der Waals surface area contributed by atoms with Crippen molar-refractivity contribution in [2.75, 3.05) is 20.2 Å². The first-order valence-electron chi connectivity index (χ1n) is 14.6. The van der Waals surface area contributed by atoms with Gasteiger partial charge in [0.2, 0.25) is 5.91 Å². The molecule has 0 aromatic heterocycles. The number of aliphatic hydroxyl groups is 1. The Balaban J connectivity index is 1.41. The lowest BCUT2D eigenvalue weighted by atomic mass is 9.77. The molecule has 4 aromatic rings. The Morgan fingerprint density at radius 1 is 0.909 bits per heavy atom. The minimum absolute atomic E-state index is 0.252. The summed E-state index contributed by atoms with van der Waals surface area (Å²) in [4.78, 5) is 17.0. The smallest absolute Gasteiger partial charge is 0.250 e. The first-order chi connectivity index (χ1) is 21.3. The summed E-state index contributed by atoms with van der Waals surface area (Å²) in [7, 11) is 1.64. The van der Waals surface area contributed by atoms with Crippen LogP contribution in [0.1, 0.15) is 35.1 Å². The number of hydrogen-bond donors (Lipinski definition) is 5. The van der Waals surface area contributed by atoms with Crippen LogP contribution in [-0.2, 0) is 16.8 Å². The standard InChI is InChI=1S/C35H40ClN5O3/c1-44-30-20-16-28(17-21-30)35(26-9-4-2-5-10-26,27-11-6-3-7-12-27)41-34(38)40-23-8-13-31(37)32(42)33(43)39-24-22-25-14-18-29(36)19-15-25/h2-7,9-12,14-21,31-32,42H,8,13,22-24,37H2,1H3,(H,39,43)(H3,38,40,41)/t31-,32?/m0/s1. The van der Waals surface area contributed by atoms with E-state index in [1.807, 2.05) is 72.8 Å². The maximum absolute atomic E-state index is 12.4. The Morgan fingerprint density at radius 3 is 2.05 bits per heavy atom. The zero-order valence-electron chi connectivity index (χ0n) is 24.8. The molecule has 9 heteroatoms. The van der Waals surface area contributed by atoms with Crippen molar-refractivity contribution in [3.8, 4) is 5.75 Å². The van der Waals surface area contributed by atoms with E-state index in [1.165, 1.54) is 0 Å². The van der Waals surface area contributed by atoms with E-state index in [4.69, 9.17) is 27.8 Å². The SMILES string of the molecule is COc1ccc(C(NC(N)=NCCC[C@H](N)C(O)C(=O)NCCc2ccc(Cl)cc2)(c2ccccc2)c2ccccc2)cc1. The number of nitrogens with zero attached hydrogens (tertiary/aromatic N) is 1. The van der Waals surface area contributed by atoms with Crippen LogP contribution in [0.3, 0.4) is 0 Å². The highest BCUT2D eigenvalue weighted by atomic mass is 35.5. The summed E-state index contributed by atoms with van der Waals surface area (Å²) < 4.78 is 5.41. The van der Waals surface area contributed by atoms with Crippen LogP contribution in [0.25, 0.3) is 0 Å². The molecule has 1 amide bonds. The zero-order chi connectivity index (χ0) is 31.4. The molecule has 4 rings (SSSR count). The molecule has 4 aromatic carbocycles. The summed E-state index contributed by atoms with van der Waals surface area (Å²) in [5.41, 5.74) is 15.8. The van der Waals surface area contributed by atoms with E-state index in [0.717, 1.165) is 28.0 Å².